The Morgan fingerprint density at radius 2 is 2.15 bits per heavy atom. The van der Waals surface area contributed by atoms with Crippen LogP contribution in [0, 0.1) is 6.92 Å². The minimum Gasteiger partial charge on any atom is -0.496 e. The molecule has 0 bridgehead atoms. The Morgan fingerprint density at radius 1 is 1.46 bits per heavy atom. The minimum absolute atomic E-state index is 0.356. The predicted octanol–water partition coefficient (Wildman–Crippen LogP) is 2.07. The van der Waals surface area contributed by atoms with Gasteiger partial charge in [0.1, 0.15) is 5.75 Å². The third-order valence-electron chi connectivity index (χ3n) is 2.27. The Bertz CT molecular complexity index is 283. The summed E-state index contributed by atoms with van der Waals surface area (Å²) in [7, 11) is 1.69. The second-order valence-corrected chi connectivity index (χ2v) is 3.38. The van der Waals surface area contributed by atoms with Crippen molar-refractivity contribution in [1.82, 2.24) is 0 Å². The lowest BCUT2D eigenvalue weighted by atomic mass is 9.98. The lowest BCUT2D eigenvalue weighted by molar-refractivity contribution is 0.406. The molecule has 0 aliphatic carbocycles. The van der Waals surface area contributed by atoms with Crippen molar-refractivity contribution in [2.45, 2.75) is 19.8 Å². The van der Waals surface area contributed by atoms with Crippen molar-refractivity contribution < 1.29 is 4.74 Å². The molecule has 1 aromatic carbocycles. The zero-order valence-corrected chi connectivity index (χ0v) is 8.50. The Hall–Kier alpha value is -1.02. The summed E-state index contributed by atoms with van der Waals surface area (Å²) in [5.41, 5.74) is 8.07. The maximum Gasteiger partial charge on any atom is 0.122 e. The predicted molar refractivity (Wildman–Crippen MR) is 55.2 cm³/mol. The van der Waals surface area contributed by atoms with E-state index in [2.05, 4.69) is 19.9 Å². The fourth-order valence-corrected chi connectivity index (χ4v) is 1.37. The molecule has 1 aromatic rings. The Labute approximate surface area is 79.7 Å². The highest BCUT2D eigenvalue weighted by Gasteiger charge is 2.09. The maximum absolute atomic E-state index is 5.62. The molecule has 0 saturated heterocycles. The molecule has 1 unspecified atom stereocenters. The molecule has 2 heteroatoms. The highest BCUT2D eigenvalue weighted by atomic mass is 16.5. The highest BCUT2D eigenvalue weighted by molar-refractivity contribution is 5.39. The molecule has 2 nitrogen and oxygen atoms in total. The van der Waals surface area contributed by atoms with Gasteiger partial charge in [0, 0.05) is 0 Å². The van der Waals surface area contributed by atoms with E-state index in [-0.39, 0.29) is 0 Å². The third kappa shape index (κ3) is 2.22. The van der Waals surface area contributed by atoms with Crippen molar-refractivity contribution in [2.75, 3.05) is 13.7 Å². The number of rotatable bonds is 3. The first-order valence-electron chi connectivity index (χ1n) is 4.53. The van der Waals surface area contributed by atoms with Crippen molar-refractivity contribution in [1.29, 1.82) is 0 Å². The maximum atomic E-state index is 5.62. The summed E-state index contributed by atoms with van der Waals surface area (Å²) in [6.07, 6.45) is 0. The average Bonchev–Trinajstić information content (AvgIpc) is 2.16. The van der Waals surface area contributed by atoms with Crippen LogP contribution in [-0.4, -0.2) is 13.7 Å². The fourth-order valence-electron chi connectivity index (χ4n) is 1.37. The quantitative estimate of drug-likeness (QED) is 0.771. The van der Waals surface area contributed by atoms with Crippen molar-refractivity contribution in [3.8, 4) is 5.75 Å². The lowest BCUT2D eigenvalue weighted by Gasteiger charge is -2.14. The molecule has 1 atom stereocenters. The topological polar surface area (TPSA) is 35.2 Å². The van der Waals surface area contributed by atoms with Crippen molar-refractivity contribution in [3.05, 3.63) is 29.3 Å². The molecule has 0 saturated carbocycles. The van der Waals surface area contributed by atoms with Crippen LogP contribution in [0.3, 0.4) is 0 Å². The van der Waals surface area contributed by atoms with Crippen LogP contribution in [0.2, 0.25) is 0 Å². The van der Waals surface area contributed by atoms with Crippen molar-refractivity contribution in [2.24, 2.45) is 5.73 Å². The minimum atomic E-state index is 0.356. The summed E-state index contributed by atoms with van der Waals surface area (Å²) >= 11 is 0. The molecule has 13 heavy (non-hydrogen) atoms. The largest absolute Gasteiger partial charge is 0.496 e. The van der Waals surface area contributed by atoms with Gasteiger partial charge in [-0.2, -0.15) is 0 Å². The zero-order chi connectivity index (χ0) is 9.84. The van der Waals surface area contributed by atoms with Gasteiger partial charge in [-0.25, -0.2) is 0 Å². The SMILES string of the molecule is COc1ccc(C)cc1C(C)CN. The molecule has 0 fully saturated rings. The van der Waals surface area contributed by atoms with Gasteiger partial charge in [0.15, 0.2) is 0 Å². The Balaban J connectivity index is 3.07. The molecule has 0 spiro atoms. The van der Waals surface area contributed by atoms with Gasteiger partial charge in [-0.1, -0.05) is 24.6 Å². The monoisotopic (exact) mass is 179 g/mol. The standard InChI is InChI=1S/C11H17NO/c1-8-4-5-11(13-3)10(6-8)9(2)7-12/h4-6,9H,7,12H2,1-3H3. The normalized spacial score (nSPS) is 12.6. The van der Waals surface area contributed by atoms with Crippen LogP contribution >= 0.6 is 0 Å². The summed E-state index contributed by atoms with van der Waals surface area (Å²) in [5.74, 6) is 1.29. The number of hydrogen-bond donors (Lipinski definition) is 1. The smallest absolute Gasteiger partial charge is 0.122 e. The van der Waals surface area contributed by atoms with E-state index in [1.165, 1.54) is 11.1 Å². The summed E-state index contributed by atoms with van der Waals surface area (Å²) in [6, 6.07) is 6.18. The van der Waals surface area contributed by atoms with Crippen LogP contribution in [0.5, 0.6) is 5.75 Å². The molecular formula is C11H17NO. The summed E-state index contributed by atoms with van der Waals surface area (Å²) in [6.45, 7) is 4.84. The van der Waals surface area contributed by atoms with Crippen LogP contribution in [0.15, 0.2) is 18.2 Å². The number of ether oxygens (including phenoxy) is 1. The van der Waals surface area contributed by atoms with Crippen LogP contribution in [0.25, 0.3) is 0 Å². The lowest BCUT2D eigenvalue weighted by Crippen LogP contribution is -2.10. The van der Waals surface area contributed by atoms with E-state index in [1.54, 1.807) is 7.11 Å². The molecular weight excluding hydrogens is 162 g/mol. The number of methoxy groups -OCH3 is 1. The van der Waals surface area contributed by atoms with Crippen LogP contribution in [-0.2, 0) is 0 Å². The Kier molecular flexibility index (Phi) is 3.32. The molecule has 0 aromatic heterocycles. The number of aryl methyl sites for hydroxylation is 1. The summed E-state index contributed by atoms with van der Waals surface area (Å²) < 4.78 is 5.27. The number of hydrogen-bond acceptors (Lipinski definition) is 2. The number of nitrogens with two attached hydrogens (primary N) is 1. The van der Waals surface area contributed by atoms with E-state index in [4.69, 9.17) is 10.5 Å². The Morgan fingerprint density at radius 3 is 2.69 bits per heavy atom. The third-order valence-corrected chi connectivity index (χ3v) is 2.27. The first-order valence-corrected chi connectivity index (χ1v) is 4.53. The van der Waals surface area contributed by atoms with E-state index in [1.807, 2.05) is 12.1 Å². The molecule has 0 aliphatic rings. The van der Waals surface area contributed by atoms with Crippen LogP contribution < -0.4 is 10.5 Å². The van der Waals surface area contributed by atoms with Gasteiger partial charge in [-0.3, -0.25) is 0 Å². The highest BCUT2D eigenvalue weighted by Crippen LogP contribution is 2.26. The van der Waals surface area contributed by atoms with Gasteiger partial charge in [-0.15, -0.1) is 0 Å². The molecule has 0 amide bonds. The molecule has 72 valence electrons. The van der Waals surface area contributed by atoms with Crippen LogP contribution in [0.4, 0.5) is 0 Å². The summed E-state index contributed by atoms with van der Waals surface area (Å²) in [5, 5.41) is 0. The summed E-state index contributed by atoms with van der Waals surface area (Å²) in [4.78, 5) is 0. The molecule has 0 heterocycles. The zero-order valence-electron chi connectivity index (χ0n) is 8.50. The second kappa shape index (κ2) is 4.28. The molecule has 0 aliphatic heterocycles. The van der Waals surface area contributed by atoms with E-state index in [0.717, 1.165) is 5.75 Å². The van der Waals surface area contributed by atoms with E-state index in [9.17, 15) is 0 Å². The molecule has 0 radical (unpaired) electrons. The van der Waals surface area contributed by atoms with Gasteiger partial charge in [0.2, 0.25) is 0 Å². The first-order chi connectivity index (χ1) is 6.19. The number of benzene rings is 1. The van der Waals surface area contributed by atoms with Crippen molar-refractivity contribution in [3.63, 3.8) is 0 Å². The van der Waals surface area contributed by atoms with E-state index < -0.39 is 0 Å². The fraction of sp³-hybridized carbons (Fsp3) is 0.455. The van der Waals surface area contributed by atoms with Gasteiger partial charge >= 0.3 is 0 Å². The second-order valence-electron chi connectivity index (χ2n) is 3.38. The molecule has 2 N–H and O–H groups in total. The molecule has 1 rings (SSSR count). The van der Waals surface area contributed by atoms with Gasteiger partial charge in [0.25, 0.3) is 0 Å². The van der Waals surface area contributed by atoms with Gasteiger partial charge < -0.3 is 10.5 Å². The van der Waals surface area contributed by atoms with E-state index >= 15 is 0 Å². The van der Waals surface area contributed by atoms with Gasteiger partial charge in [0.05, 0.1) is 7.11 Å². The van der Waals surface area contributed by atoms with Gasteiger partial charge in [-0.05, 0) is 31.0 Å². The van der Waals surface area contributed by atoms with Crippen LogP contribution in [0.1, 0.15) is 24.0 Å². The average molecular weight is 179 g/mol. The van der Waals surface area contributed by atoms with E-state index in [0.29, 0.717) is 12.5 Å². The van der Waals surface area contributed by atoms with Crippen molar-refractivity contribution >= 4 is 0 Å². The first kappa shape index (κ1) is 10.1.